The molecule has 0 atom stereocenters. The van der Waals surface area contributed by atoms with E-state index in [1.54, 1.807) is 24.5 Å². The van der Waals surface area contributed by atoms with E-state index in [2.05, 4.69) is 10.3 Å². The molecule has 2 N–H and O–H groups in total. The molecule has 4 rings (SSSR count). The van der Waals surface area contributed by atoms with E-state index >= 15 is 0 Å². The number of carbonyl (C=O) groups excluding carboxylic acids is 2. The van der Waals surface area contributed by atoms with E-state index in [0.29, 0.717) is 31.0 Å². The molecule has 0 saturated carbocycles. The number of pyridine rings is 1. The van der Waals surface area contributed by atoms with E-state index in [9.17, 15) is 9.59 Å². The van der Waals surface area contributed by atoms with Crippen LogP contribution in [0.15, 0.2) is 59.3 Å². The Balaban J connectivity index is 1.24. The third-order valence-electron chi connectivity index (χ3n) is 5.10. The second-order valence-corrected chi connectivity index (χ2v) is 6.93. The lowest BCUT2D eigenvalue weighted by Crippen LogP contribution is -3.15. The van der Waals surface area contributed by atoms with Gasteiger partial charge < -0.3 is 19.5 Å². The first-order chi connectivity index (χ1) is 13.7. The standard InChI is InChI=1S/C21H22N4O3/c26-20(16-5-7-22-8-6-16)23-9-10-24-11-13-25(14-12-24)21(27)19-15-17-3-1-2-4-18(17)28-19/h1-8,15H,9-14H2,(H,23,26)/p+1. The van der Waals surface area contributed by atoms with Crippen molar-refractivity contribution in [1.82, 2.24) is 15.2 Å². The number of fused-ring (bicyclic) bond motifs is 1. The fraction of sp³-hybridized carbons (Fsp3) is 0.286. The zero-order chi connectivity index (χ0) is 19.3. The minimum absolute atomic E-state index is 0.0544. The Morgan fingerprint density at radius 3 is 2.61 bits per heavy atom. The topological polar surface area (TPSA) is 79.9 Å². The molecule has 1 saturated heterocycles. The number of nitrogens with one attached hydrogen (secondary N) is 2. The Hall–Kier alpha value is -3.19. The minimum Gasteiger partial charge on any atom is -0.451 e. The third-order valence-corrected chi connectivity index (χ3v) is 5.10. The van der Waals surface area contributed by atoms with E-state index in [4.69, 9.17) is 4.42 Å². The zero-order valence-electron chi connectivity index (χ0n) is 15.6. The van der Waals surface area contributed by atoms with Crippen molar-refractivity contribution < 1.29 is 18.9 Å². The SMILES string of the molecule is O=C(NCC[NH+]1CCN(C(=O)c2cc3ccccc3o2)CC1)c1ccncc1. The van der Waals surface area contributed by atoms with E-state index in [1.807, 2.05) is 35.2 Å². The molecule has 1 aliphatic heterocycles. The molecule has 3 heterocycles. The Bertz CT molecular complexity index is 929. The van der Waals surface area contributed by atoms with Crippen molar-refractivity contribution >= 4 is 22.8 Å². The molecule has 2 amide bonds. The lowest BCUT2D eigenvalue weighted by molar-refractivity contribution is -0.902. The van der Waals surface area contributed by atoms with Gasteiger partial charge in [-0.3, -0.25) is 14.6 Å². The number of hydrogen-bond acceptors (Lipinski definition) is 4. The first-order valence-electron chi connectivity index (χ1n) is 9.50. The van der Waals surface area contributed by atoms with Crippen molar-refractivity contribution in [3.05, 3.63) is 66.2 Å². The van der Waals surface area contributed by atoms with Crippen LogP contribution in [0.1, 0.15) is 20.9 Å². The number of benzene rings is 1. The molecule has 1 aromatic carbocycles. The maximum absolute atomic E-state index is 12.7. The molecule has 0 aliphatic carbocycles. The van der Waals surface area contributed by atoms with Gasteiger partial charge in [0.15, 0.2) is 5.76 Å². The summed E-state index contributed by atoms with van der Waals surface area (Å²) in [5, 5.41) is 3.88. The van der Waals surface area contributed by atoms with Gasteiger partial charge in [0.2, 0.25) is 0 Å². The Kier molecular flexibility index (Phi) is 5.34. The third kappa shape index (κ3) is 4.04. The number of furan rings is 1. The van der Waals surface area contributed by atoms with Gasteiger partial charge in [0, 0.05) is 23.3 Å². The van der Waals surface area contributed by atoms with Gasteiger partial charge in [-0.05, 0) is 24.3 Å². The highest BCUT2D eigenvalue weighted by atomic mass is 16.3. The van der Waals surface area contributed by atoms with Gasteiger partial charge in [-0.25, -0.2) is 0 Å². The number of amides is 2. The average Bonchev–Trinajstić information content (AvgIpc) is 3.18. The van der Waals surface area contributed by atoms with Crippen molar-refractivity contribution in [3.63, 3.8) is 0 Å². The van der Waals surface area contributed by atoms with Crippen LogP contribution < -0.4 is 10.2 Å². The van der Waals surface area contributed by atoms with Crippen LogP contribution in [-0.4, -0.2) is 61.0 Å². The highest BCUT2D eigenvalue weighted by Gasteiger charge is 2.26. The van der Waals surface area contributed by atoms with Gasteiger partial charge >= 0.3 is 0 Å². The lowest BCUT2D eigenvalue weighted by atomic mass is 10.2. The van der Waals surface area contributed by atoms with Gasteiger partial charge in [0.1, 0.15) is 5.58 Å². The van der Waals surface area contributed by atoms with E-state index in [0.717, 1.165) is 30.6 Å². The second-order valence-electron chi connectivity index (χ2n) is 6.93. The summed E-state index contributed by atoms with van der Waals surface area (Å²) in [5.41, 5.74) is 1.35. The number of hydrogen-bond donors (Lipinski definition) is 2. The summed E-state index contributed by atoms with van der Waals surface area (Å²) in [4.78, 5) is 31.9. The molecule has 1 aliphatic rings. The zero-order valence-corrected chi connectivity index (χ0v) is 15.6. The number of quaternary nitrogens is 1. The molecule has 7 heteroatoms. The fourth-order valence-electron chi connectivity index (χ4n) is 3.48. The monoisotopic (exact) mass is 379 g/mol. The number of rotatable bonds is 5. The Labute approximate surface area is 162 Å². The molecule has 3 aromatic rings. The van der Waals surface area contributed by atoms with Crippen LogP contribution in [-0.2, 0) is 0 Å². The number of nitrogens with zero attached hydrogens (tertiary/aromatic N) is 2. The summed E-state index contributed by atoms with van der Waals surface area (Å²) < 4.78 is 5.69. The summed E-state index contributed by atoms with van der Waals surface area (Å²) >= 11 is 0. The molecular weight excluding hydrogens is 356 g/mol. The first-order valence-corrected chi connectivity index (χ1v) is 9.50. The van der Waals surface area contributed by atoms with E-state index < -0.39 is 0 Å². The van der Waals surface area contributed by atoms with Gasteiger partial charge in [-0.1, -0.05) is 18.2 Å². The molecule has 0 unspecified atom stereocenters. The van der Waals surface area contributed by atoms with Crippen molar-refractivity contribution in [2.45, 2.75) is 0 Å². The smallest absolute Gasteiger partial charge is 0.290 e. The van der Waals surface area contributed by atoms with Crippen LogP contribution in [0.4, 0.5) is 0 Å². The molecular formula is C21H23N4O3+. The average molecular weight is 379 g/mol. The molecule has 28 heavy (non-hydrogen) atoms. The highest BCUT2D eigenvalue weighted by molar-refractivity contribution is 5.96. The minimum atomic E-state index is -0.0829. The number of para-hydroxylation sites is 1. The molecule has 0 bridgehead atoms. The van der Waals surface area contributed by atoms with Gasteiger partial charge in [0.05, 0.1) is 39.3 Å². The predicted octanol–water partition coefficient (Wildman–Crippen LogP) is 0.599. The number of carbonyl (C=O) groups is 2. The van der Waals surface area contributed by atoms with Crippen LogP contribution in [0.2, 0.25) is 0 Å². The Morgan fingerprint density at radius 1 is 1.11 bits per heavy atom. The summed E-state index contributed by atoms with van der Waals surface area (Å²) in [6.07, 6.45) is 3.22. The normalized spacial score (nSPS) is 14.9. The quantitative estimate of drug-likeness (QED) is 0.680. The molecule has 7 nitrogen and oxygen atoms in total. The van der Waals surface area contributed by atoms with Gasteiger partial charge in [-0.15, -0.1) is 0 Å². The number of aromatic nitrogens is 1. The van der Waals surface area contributed by atoms with Crippen LogP contribution in [0.3, 0.4) is 0 Å². The summed E-state index contributed by atoms with van der Waals surface area (Å²) in [7, 11) is 0. The number of piperazine rings is 1. The van der Waals surface area contributed by atoms with Gasteiger partial charge in [-0.2, -0.15) is 0 Å². The Morgan fingerprint density at radius 2 is 1.86 bits per heavy atom. The largest absolute Gasteiger partial charge is 0.451 e. The fourth-order valence-corrected chi connectivity index (χ4v) is 3.48. The van der Waals surface area contributed by atoms with Crippen LogP contribution in [0, 0.1) is 0 Å². The van der Waals surface area contributed by atoms with Crippen LogP contribution >= 0.6 is 0 Å². The van der Waals surface area contributed by atoms with Gasteiger partial charge in [0.25, 0.3) is 11.8 Å². The summed E-state index contributed by atoms with van der Waals surface area (Å²) in [5.74, 6) is 0.260. The maximum atomic E-state index is 12.7. The van der Waals surface area contributed by atoms with Crippen molar-refractivity contribution in [2.75, 3.05) is 39.3 Å². The molecule has 2 aromatic heterocycles. The van der Waals surface area contributed by atoms with Crippen molar-refractivity contribution in [3.8, 4) is 0 Å². The maximum Gasteiger partial charge on any atom is 0.290 e. The molecule has 144 valence electrons. The highest BCUT2D eigenvalue weighted by Crippen LogP contribution is 2.20. The lowest BCUT2D eigenvalue weighted by Gasteiger charge is -2.31. The van der Waals surface area contributed by atoms with Crippen molar-refractivity contribution in [1.29, 1.82) is 0 Å². The first kappa shape index (κ1) is 18.2. The van der Waals surface area contributed by atoms with Crippen LogP contribution in [0.25, 0.3) is 11.0 Å². The van der Waals surface area contributed by atoms with E-state index in [-0.39, 0.29) is 11.8 Å². The molecule has 0 radical (unpaired) electrons. The summed E-state index contributed by atoms with van der Waals surface area (Å²) in [6, 6.07) is 12.9. The van der Waals surface area contributed by atoms with E-state index in [1.165, 1.54) is 4.90 Å². The summed E-state index contributed by atoms with van der Waals surface area (Å²) in [6.45, 7) is 4.53. The predicted molar refractivity (Wildman–Crippen MR) is 104 cm³/mol. The second kappa shape index (κ2) is 8.22. The van der Waals surface area contributed by atoms with Crippen molar-refractivity contribution in [2.24, 2.45) is 0 Å². The molecule has 0 spiro atoms. The van der Waals surface area contributed by atoms with Crippen LogP contribution in [0.5, 0.6) is 0 Å². The molecule has 1 fully saturated rings.